The number of carboxylic acids is 2. The number of carbonyl (C=O) groups excluding carboxylic acids is 1. The largest absolute Gasteiger partial charge is 0.481 e. The summed E-state index contributed by atoms with van der Waals surface area (Å²) in [6.07, 6.45) is -0.327. The molecule has 0 saturated heterocycles. The number of anilines is 1. The molecule has 1 aromatic carbocycles. The van der Waals surface area contributed by atoms with Crippen LogP contribution in [0.1, 0.15) is 23.2 Å². The van der Waals surface area contributed by atoms with E-state index in [1.54, 1.807) is 0 Å². The van der Waals surface area contributed by atoms with Crippen LogP contribution in [-0.2, 0) is 9.59 Å². The number of hydrogen-bond donors (Lipinski definition) is 4. The SMILES string of the molecule is NC(CCC(=O)O)C(=O)Nc1ccc(F)c(C(=O)O)c1. The summed E-state index contributed by atoms with van der Waals surface area (Å²) in [6.45, 7) is 0. The molecule has 0 radical (unpaired) electrons. The molecule has 8 heteroatoms. The van der Waals surface area contributed by atoms with Crippen LogP contribution >= 0.6 is 0 Å². The first kappa shape index (κ1) is 15.6. The average molecular weight is 284 g/mol. The lowest BCUT2D eigenvalue weighted by Gasteiger charge is -2.11. The Labute approximate surface area is 113 Å². The maximum atomic E-state index is 13.1. The molecule has 5 N–H and O–H groups in total. The number of aliphatic carboxylic acids is 1. The zero-order valence-electron chi connectivity index (χ0n) is 10.3. The number of nitrogens with two attached hydrogens (primary N) is 1. The number of nitrogens with one attached hydrogen (secondary N) is 1. The van der Waals surface area contributed by atoms with E-state index in [1.807, 2.05) is 0 Å². The van der Waals surface area contributed by atoms with Crippen molar-refractivity contribution in [1.29, 1.82) is 0 Å². The Balaban J connectivity index is 2.73. The van der Waals surface area contributed by atoms with Crippen molar-refractivity contribution >= 4 is 23.5 Å². The standard InChI is InChI=1S/C12H13FN2O5/c13-8-2-1-6(5-7(8)12(19)20)15-11(18)9(14)3-4-10(16)17/h1-2,5,9H,3-4,14H2,(H,15,18)(H,16,17)(H,19,20). The monoisotopic (exact) mass is 284 g/mol. The fourth-order valence-electron chi connectivity index (χ4n) is 1.41. The van der Waals surface area contributed by atoms with Gasteiger partial charge in [-0.1, -0.05) is 0 Å². The quantitative estimate of drug-likeness (QED) is 0.607. The molecule has 20 heavy (non-hydrogen) atoms. The van der Waals surface area contributed by atoms with Crippen LogP contribution in [0.2, 0.25) is 0 Å². The van der Waals surface area contributed by atoms with Crippen molar-refractivity contribution in [2.45, 2.75) is 18.9 Å². The third-order valence-corrected chi connectivity index (χ3v) is 2.47. The molecule has 0 bridgehead atoms. The maximum absolute atomic E-state index is 13.1. The molecule has 0 aliphatic carbocycles. The van der Waals surface area contributed by atoms with Crippen molar-refractivity contribution in [3.8, 4) is 0 Å². The number of rotatable bonds is 6. The molecule has 7 nitrogen and oxygen atoms in total. The molecule has 1 atom stereocenters. The van der Waals surface area contributed by atoms with Gasteiger partial charge < -0.3 is 21.3 Å². The summed E-state index contributed by atoms with van der Waals surface area (Å²) in [6, 6.07) is 2.00. The van der Waals surface area contributed by atoms with Gasteiger partial charge in [0.15, 0.2) is 0 Å². The number of aromatic carboxylic acids is 1. The first-order valence-electron chi connectivity index (χ1n) is 5.62. The van der Waals surface area contributed by atoms with E-state index in [0.29, 0.717) is 0 Å². The van der Waals surface area contributed by atoms with Crippen molar-refractivity contribution in [2.75, 3.05) is 5.32 Å². The van der Waals surface area contributed by atoms with Gasteiger partial charge in [0.1, 0.15) is 5.82 Å². The molecule has 0 fully saturated rings. The molecule has 0 saturated carbocycles. The van der Waals surface area contributed by atoms with Gasteiger partial charge in [0.05, 0.1) is 11.6 Å². The molecule has 0 aliphatic heterocycles. The van der Waals surface area contributed by atoms with Crippen molar-refractivity contribution in [1.82, 2.24) is 0 Å². The highest BCUT2D eigenvalue weighted by atomic mass is 19.1. The second-order valence-electron chi connectivity index (χ2n) is 4.03. The number of amides is 1. The number of hydrogen-bond acceptors (Lipinski definition) is 4. The minimum Gasteiger partial charge on any atom is -0.481 e. The molecule has 0 aliphatic rings. The lowest BCUT2D eigenvalue weighted by atomic mass is 10.1. The molecular weight excluding hydrogens is 271 g/mol. The topological polar surface area (TPSA) is 130 Å². The van der Waals surface area contributed by atoms with Crippen molar-refractivity contribution in [2.24, 2.45) is 5.73 Å². The molecule has 1 amide bonds. The highest BCUT2D eigenvalue weighted by Gasteiger charge is 2.17. The summed E-state index contributed by atoms with van der Waals surface area (Å²) in [5, 5.41) is 19.5. The summed E-state index contributed by atoms with van der Waals surface area (Å²) in [5.41, 5.74) is 4.96. The summed E-state index contributed by atoms with van der Waals surface area (Å²) in [7, 11) is 0. The van der Waals surface area contributed by atoms with Crippen LogP contribution in [0.4, 0.5) is 10.1 Å². The molecule has 1 aromatic rings. The van der Waals surface area contributed by atoms with Crippen molar-refractivity contribution < 1.29 is 29.0 Å². The Morgan fingerprint density at radius 2 is 1.95 bits per heavy atom. The van der Waals surface area contributed by atoms with Gasteiger partial charge in [-0.3, -0.25) is 9.59 Å². The Kier molecular flexibility index (Phi) is 5.15. The van der Waals surface area contributed by atoms with Crippen LogP contribution in [0.15, 0.2) is 18.2 Å². The minimum absolute atomic E-state index is 0.0614. The lowest BCUT2D eigenvalue weighted by Crippen LogP contribution is -2.36. The van der Waals surface area contributed by atoms with E-state index in [2.05, 4.69) is 5.32 Å². The predicted octanol–water partition coefficient (Wildman–Crippen LogP) is 0.654. The summed E-state index contributed by atoms with van der Waals surface area (Å²) < 4.78 is 13.1. The van der Waals surface area contributed by atoms with E-state index in [4.69, 9.17) is 15.9 Å². The second-order valence-corrected chi connectivity index (χ2v) is 4.03. The number of halogens is 1. The number of carbonyl (C=O) groups is 3. The number of carboxylic acid groups (broad SMARTS) is 2. The van der Waals surface area contributed by atoms with Gasteiger partial charge in [0, 0.05) is 12.1 Å². The van der Waals surface area contributed by atoms with Gasteiger partial charge in [-0.15, -0.1) is 0 Å². The van der Waals surface area contributed by atoms with Crippen LogP contribution in [-0.4, -0.2) is 34.1 Å². The van der Waals surface area contributed by atoms with E-state index >= 15 is 0 Å². The van der Waals surface area contributed by atoms with Crippen molar-refractivity contribution in [3.63, 3.8) is 0 Å². The van der Waals surface area contributed by atoms with Crippen LogP contribution in [0.25, 0.3) is 0 Å². The molecule has 0 aromatic heterocycles. The first-order chi connectivity index (χ1) is 9.31. The van der Waals surface area contributed by atoms with Gasteiger partial charge in [0.25, 0.3) is 0 Å². The number of benzene rings is 1. The van der Waals surface area contributed by atoms with E-state index in [1.165, 1.54) is 6.07 Å². The van der Waals surface area contributed by atoms with E-state index in [0.717, 1.165) is 12.1 Å². The maximum Gasteiger partial charge on any atom is 0.338 e. The van der Waals surface area contributed by atoms with Gasteiger partial charge >= 0.3 is 11.9 Å². The Morgan fingerprint density at radius 3 is 2.50 bits per heavy atom. The highest BCUT2D eigenvalue weighted by Crippen LogP contribution is 2.15. The summed E-state index contributed by atoms with van der Waals surface area (Å²) in [4.78, 5) is 32.7. The highest BCUT2D eigenvalue weighted by molar-refractivity contribution is 5.96. The van der Waals surface area contributed by atoms with Crippen LogP contribution in [0.3, 0.4) is 0 Å². The first-order valence-corrected chi connectivity index (χ1v) is 5.62. The third-order valence-electron chi connectivity index (χ3n) is 2.47. The van der Waals surface area contributed by atoms with E-state index < -0.39 is 35.3 Å². The smallest absolute Gasteiger partial charge is 0.338 e. The molecule has 1 rings (SSSR count). The minimum atomic E-state index is -1.46. The van der Waals surface area contributed by atoms with Crippen molar-refractivity contribution in [3.05, 3.63) is 29.6 Å². The average Bonchev–Trinajstić information content (AvgIpc) is 2.37. The Morgan fingerprint density at radius 1 is 1.30 bits per heavy atom. The van der Waals surface area contributed by atoms with E-state index in [9.17, 15) is 18.8 Å². The lowest BCUT2D eigenvalue weighted by molar-refractivity contribution is -0.137. The van der Waals surface area contributed by atoms with Gasteiger partial charge in [0.2, 0.25) is 5.91 Å². The van der Waals surface area contributed by atoms with E-state index in [-0.39, 0.29) is 18.5 Å². The normalized spacial score (nSPS) is 11.7. The van der Waals surface area contributed by atoms with Gasteiger partial charge in [-0.05, 0) is 24.6 Å². The fourth-order valence-corrected chi connectivity index (χ4v) is 1.41. The molecular formula is C12H13FN2O5. The van der Waals surface area contributed by atoms with Crippen LogP contribution in [0.5, 0.6) is 0 Å². The zero-order valence-corrected chi connectivity index (χ0v) is 10.3. The summed E-state index contributed by atoms with van der Waals surface area (Å²) >= 11 is 0. The van der Waals surface area contributed by atoms with Gasteiger partial charge in [-0.2, -0.15) is 0 Å². The Hall–Kier alpha value is -2.48. The third kappa shape index (κ3) is 4.32. The summed E-state index contributed by atoms with van der Waals surface area (Å²) in [5.74, 6) is -4.14. The Bertz CT molecular complexity index is 547. The molecule has 0 heterocycles. The van der Waals surface area contributed by atoms with Gasteiger partial charge in [-0.25, -0.2) is 9.18 Å². The molecule has 0 spiro atoms. The van der Waals surface area contributed by atoms with Crippen LogP contribution in [0, 0.1) is 5.82 Å². The molecule has 108 valence electrons. The second kappa shape index (κ2) is 6.62. The fraction of sp³-hybridized carbons (Fsp3) is 0.250. The molecule has 1 unspecified atom stereocenters. The predicted molar refractivity (Wildman–Crippen MR) is 66.8 cm³/mol. The van der Waals surface area contributed by atoms with Crippen LogP contribution < -0.4 is 11.1 Å². The zero-order chi connectivity index (χ0) is 15.3.